The lowest BCUT2D eigenvalue weighted by Crippen LogP contribution is -2.19. The molecular formula is C11H13BrF2O3S. The Morgan fingerprint density at radius 3 is 2.33 bits per heavy atom. The molecule has 0 fully saturated rings. The number of sulfone groups is 1. The van der Waals surface area contributed by atoms with Crippen LogP contribution in [0.25, 0.3) is 0 Å². The van der Waals surface area contributed by atoms with E-state index in [-0.39, 0.29) is 9.37 Å². The summed E-state index contributed by atoms with van der Waals surface area (Å²) in [5, 5.41) is 7.93. The standard InChI is InChI=1S/C11H13BrF2O3S/c1-7(2)18(16,17)10-4-3-8(5-9(10)12)11(13,14)6-15/h3-5,7,15H,6H2,1-2H3. The predicted octanol–water partition coefficient (Wildman–Crippen LogP) is 2.72. The number of alkyl halides is 2. The van der Waals surface area contributed by atoms with Gasteiger partial charge < -0.3 is 5.11 Å². The van der Waals surface area contributed by atoms with Crippen LogP contribution in [0.2, 0.25) is 0 Å². The molecule has 0 amide bonds. The van der Waals surface area contributed by atoms with Gasteiger partial charge in [0.1, 0.15) is 6.61 Å². The minimum atomic E-state index is -3.53. The maximum Gasteiger partial charge on any atom is 0.295 e. The third-order valence-corrected chi connectivity index (χ3v) is 5.61. The van der Waals surface area contributed by atoms with E-state index in [0.29, 0.717) is 0 Å². The van der Waals surface area contributed by atoms with E-state index in [1.807, 2.05) is 0 Å². The van der Waals surface area contributed by atoms with Crippen molar-refractivity contribution in [3.63, 3.8) is 0 Å². The Bertz CT molecular complexity index is 541. The molecule has 1 N–H and O–H groups in total. The molecule has 1 aromatic rings. The summed E-state index contributed by atoms with van der Waals surface area (Å²) in [6.45, 7) is 1.70. The van der Waals surface area contributed by atoms with Crippen molar-refractivity contribution in [2.75, 3.05) is 6.61 Å². The summed E-state index contributed by atoms with van der Waals surface area (Å²) >= 11 is 2.98. The Hall–Kier alpha value is -0.530. The minimum absolute atomic E-state index is 0.0324. The van der Waals surface area contributed by atoms with E-state index in [2.05, 4.69) is 15.9 Å². The Kier molecular flexibility index (Phi) is 4.51. The molecule has 0 unspecified atom stereocenters. The van der Waals surface area contributed by atoms with Crippen molar-refractivity contribution in [1.82, 2.24) is 0 Å². The van der Waals surface area contributed by atoms with Gasteiger partial charge in [-0.3, -0.25) is 0 Å². The van der Waals surface area contributed by atoms with E-state index in [1.54, 1.807) is 0 Å². The Morgan fingerprint density at radius 1 is 1.39 bits per heavy atom. The molecule has 0 aliphatic carbocycles. The second-order valence-corrected chi connectivity index (χ2v) is 7.43. The molecule has 0 atom stereocenters. The first-order chi connectivity index (χ1) is 8.13. The van der Waals surface area contributed by atoms with Crippen LogP contribution < -0.4 is 0 Å². The molecule has 0 aromatic heterocycles. The van der Waals surface area contributed by atoms with Gasteiger partial charge in [-0.05, 0) is 41.9 Å². The van der Waals surface area contributed by atoms with E-state index in [4.69, 9.17) is 5.11 Å². The quantitative estimate of drug-likeness (QED) is 0.915. The number of aliphatic hydroxyl groups is 1. The molecule has 102 valence electrons. The summed E-state index contributed by atoms with van der Waals surface area (Å²) in [6.07, 6.45) is 0. The smallest absolute Gasteiger partial charge is 0.295 e. The second kappa shape index (κ2) is 5.22. The van der Waals surface area contributed by atoms with E-state index >= 15 is 0 Å². The van der Waals surface area contributed by atoms with Gasteiger partial charge in [-0.1, -0.05) is 6.07 Å². The Morgan fingerprint density at radius 2 is 1.94 bits per heavy atom. The van der Waals surface area contributed by atoms with Crippen molar-refractivity contribution in [2.24, 2.45) is 0 Å². The maximum atomic E-state index is 13.2. The Balaban J connectivity index is 3.33. The summed E-state index contributed by atoms with van der Waals surface area (Å²) in [5.74, 6) is -3.39. The highest BCUT2D eigenvalue weighted by Crippen LogP contribution is 2.33. The molecule has 0 saturated carbocycles. The first-order valence-corrected chi connectivity index (χ1v) is 7.49. The van der Waals surface area contributed by atoms with Crippen LogP contribution in [0.5, 0.6) is 0 Å². The van der Waals surface area contributed by atoms with Crippen LogP contribution in [-0.2, 0) is 15.8 Å². The monoisotopic (exact) mass is 342 g/mol. The summed E-state index contributed by atoms with van der Waals surface area (Å²) in [6, 6.07) is 3.15. The van der Waals surface area contributed by atoms with Crippen LogP contribution in [0.3, 0.4) is 0 Å². The van der Waals surface area contributed by atoms with E-state index in [1.165, 1.54) is 13.8 Å². The van der Waals surface area contributed by atoms with Gasteiger partial charge in [0.15, 0.2) is 9.84 Å². The van der Waals surface area contributed by atoms with Crippen LogP contribution in [0.1, 0.15) is 19.4 Å². The van der Waals surface area contributed by atoms with Crippen LogP contribution in [0.4, 0.5) is 8.78 Å². The number of benzene rings is 1. The molecule has 3 nitrogen and oxygen atoms in total. The Labute approximate surface area is 113 Å². The molecule has 1 rings (SSSR count). The molecule has 0 aliphatic heterocycles. The topological polar surface area (TPSA) is 54.4 Å². The fourth-order valence-electron chi connectivity index (χ4n) is 1.30. The maximum absolute atomic E-state index is 13.2. The predicted molar refractivity (Wildman–Crippen MR) is 67.4 cm³/mol. The van der Waals surface area contributed by atoms with Gasteiger partial charge in [0.25, 0.3) is 5.92 Å². The highest BCUT2D eigenvalue weighted by atomic mass is 79.9. The van der Waals surface area contributed by atoms with Crippen molar-refractivity contribution in [1.29, 1.82) is 0 Å². The zero-order valence-electron chi connectivity index (χ0n) is 9.82. The highest BCUT2D eigenvalue weighted by Gasteiger charge is 2.32. The van der Waals surface area contributed by atoms with Crippen molar-refractivity contribution in [3.05, 3.63) is 28.2 Å². The first kappa shape index (κ1) is 15.5. The molecule has 0 aliphatic rings. The average molecular weight is 343 g/mol. The average Bonchev–Trinajstić information content (AvgIpc) is 2.28. The number of hydrogen-bond donors (Lipinski definition) is 1. The lowest BCUT2D eigenvalue weighted by molar-refractivity contribution is -0.0557. The first-order valence-electron chi connectivity index (χ1n) is 5.15. The second-order valence-electron chi connectivity index (χ2n) is 4.10. The summed E-state index contributed by atoms with van der Waals surface area (Å²) in [5.41, 5.74) is -0.431. The molecular weight excluding hydrogens is 330 g/mol. The summed E-state index contributed by atoms with van der Waals surface area (Å²) in [7, 11) is -3.53. The van der Waals surface area contributed by atoms with Crippen LogP contribution in [0, 0.1) is 0 Å². The fourth-order valence-corrected chi connectivity index (χ4v) is 3.46. The van der Waals surface area contributed by atoms with Gasteiger partial charge in [-0.2, -0.15) is 8.78 Å². The molecule has 0 heterocycles. The highest BCUT2D eigenvalue weighted by molar-refractivity contribution is 9.10. The molecule has 1 aromatic carbocycles. The van der Waals surface area contributed by atoms with Crippen molar-refractivity contribution < 1.29 is 22.3 Å². The SMILES string of the molecule is CC(C)S(=O)(=O)c1ccc(C(F)(F)CO)cc1Br. The molecule has 7 heteroatoms. The number of hydrogen-bond acceptors (Lipinski definition) is 3. The van der Waals surface area contributed by atoms with Crippen LogP contribution in [-0.4, -0.2) is 25.4 Å². The van der Waals surface area contributed by atoms with E-state index in [9.17, 15) is 17.2 Å². The van der Waals surface area contributed by atoms with Crippen LogP contribution >= 0.6 is 15.9 Å². The molecule has 0 bridgehead atoms. The zero-order valence-corrected chi connectivity index (χ0v) is 12.2. The number of aliphatic hydroxyl groups excluding tert-OH is 1. The molecule has 0 saturated heterocycles. The van der Waals surface area contributed by atoms with Crippen molar-refractivity contribution >= 4 is 25.8 Å². The zero-order chi connectivity index (χ0) is 14.1. The largest absolute Gasteiger partial charge is 0.390 e. The normalized spacial score (nSPS) is 13.1. The minimum Gasteiger partial charge on any atom is -0.390 e. The van der Waals surface area contributed by atoms with Gasteiger partial charge in [0, 0.05) is 10.0 Å². The van der Waals surface area contributed by atoms with E-state index in [0.717, 1.165) is 18.2 Å². The van der Waals surface area contributed by atoms with Gasteiger partial charge in [0.2, 0.25) is 0 Å². The summed E-state index contributed by atoms with van der Waals surface area (Å²) < 4.78 is 50.4. The van der Waals surface area contributed by atoms with Crippen molar-refractivity contribution in [3.8, 4) is 0 Å². The lowest BCUT2D eigenvalue weighted by atomic mass is 10.1. The molecule has 0 spiro atoms. The van der Waals surface area contributed by atoms with Crippen LogP contribution in [0.15, 0.2) is 27.6 Å². The van der Waals surface area contributed by atoms with Gasteiger partial charge in [-0.25, -0.2) is 8.42 Å². The lowest BCUT2D eigenvalue weighted by Gasteiger charge is -2.16. The summed E-state index contributed by atoms with van der Waals surface area (Å²) in [4.78, 5) is -0.0324. The van der Waals surface area contributed by atoms with Gasteiger partial charge in [0.05, 0.1) is 10.1 Å². The van der Waals surface area contributed by atoms with E-state index < -0.39 is 33.2 Å². The van der Waals surface area contributed by atoms with Gasteiger partial charge >= 0.3 is 0 Å². The van der Waals surface area contributed by atoms with Gasteiger partial charge in [-0.15, -0.1) is 0 Å². The third-order valence-electron chi connectivity index (χ3n) is 2.48. The molecule has 18 heavy (non-hydrogen) atoms. The third kappa shape index (κ3) is 2.89. The van der Waals surface area contributed by atoms with Crippen molar-refractivity contribution in [2.45, 2.75) is 29.9 Å². The number of halogens is 3. The molecule has 0 radical (unpaired) electrons. The fraction of sp³-hybridized carbons (Fsp3) is 0.455. The number of rotatable bonds is 4.